The van der Waals surface area contributed by atoms with Crippen molar-refractivity contribution in [3.05, 3.63) is 35.4 Å². The Balaban J connectivity index is 2.29. The molecule has 1 heterocycles. The van der Waals surface area contributed by atoms with Gasteiger partial charge in [0.1, 0.15) is 6.04 Å². The number of benzene rings is 1. The Labute approximate surface area is 109 Å². The molecule has 0 spiro atoms. The maximum Gasteiger partial charge on any atom is 0.327 e. The van der Waals surface area contributed by atoms with Gasteiger partial charge in [0.15, 0.2) is 0 Å². The van der Waals surface area contributed by atoms with Crippen molar-refractivity contribution in [2.45, 2.75) is 18.9 Å². The van der Waals surface area contributed by atoms with Gasteiger partial charge in [0.2, 0.25) is 0 Å². The zero-order valence-corrected chi connectivity index (χ0v) is 10.1. The highest BCUT2D eigenvalue weighted by molar-refractivity contribution is 5.99. The van der Waals surface area contributed by atoms with Gasteiger partial charge in [-0.15, -0.1) is 0 Å². The Morgan fingerprint density at radius 2 is 1.95 bits per heavy atom. The number of hydrogen-bond acceptors (Lipinski definition) is 3. The third-order valence-electron chi connectivity index (χ3n) is 3.16. The minimum atomic E-state index is -1.32. The van der Waals surface area contributed by atoms with Crippen molar-refractivity contribution in [3.8, 4) is 0 Å². The Hall–Kier alpha value is -2.37. The van der Waals surface area contributed by atoms with E-state index >= 15 is 0 Å². The zero-order chi connectivity index (χ0) is 14.0. The van der Waals surface area contributed by atoms with E-state index in [0.29, 0.717) is 12.0 Å². The first-order chi connectivity index (χ1) is 9.00. The lowest BCUT2D eigenvalue weighted by Crippen LogP contribution is -2.49. The number of carboxylic acid groups (broad SMARTS) is 2. The lowest BCUT2D eigenvalue weighted by Gasteiger charge is -2.32. The molecular formula is C13H13NO5. The predicted octanol–water partition coefficient (Wildman–Crippen LogP) is 0.613. The van der Waals surface area contributed by atoms with Gasteiger partial charge in [-0.3, -0.25) is 9.59 Å². The first kappa shape index (κ1) is 13.1. The standard InChI is InChI=1S/C13H13NO5/c15-11(16)7-10(13(18)19)14-6-5-8-3-1-2-4-9(8)12(14)17/h1-4,10H,5-7H2,(H,15,16)(H,18,19). The van der Waals surface area contributed by atoms with Crippen molar-refractivity contribution in [2.75, 3.05) is 6.54 Å². The molecule has 19 heavy (non-hydrogen) atoms. The third kappa shape index (κ3) is 2.57. The van der Waals surface area contributed by atoms with Gasteiger partial charge in [-0.05, 0) is 18.1 Å². The fraction of sp³-hybridized carbons (Fsp3) is 0.308. The van der Waals surface area contributed by atoms with Gasteiger partial charge < -0.3 is 15.1 Å². The van der Waals surface area contributed by atoms with Crippen LogP contribution in [0.3, 0.4) is 0 Å². The van der Waals surface area contributed by atoms with Crippen LogP contribution in [0.1, 0.15) is 22.3 Å². The molecule has 1 aromatic carbocycles. The van der Waals surface area contributed by atoms with E-state index in [1.54, 1.807) is 12.1 Å². The molecule has 0 saturated heterocycles. The normalized spacial score (nSPS) is 15.8. The minimum absolute atomic E-state index is 0.222. The first-order valence-corrected chi connectivity index (χ1v) is 5.84. The molecule has 1 aromatic rings. The van der Waals surface area contributed by atoms with Crippen LogP contribution in [-0.4, -0.2) is 45.5 Å². The second-order valence-electron chi connectivity index (χ2n) is 4.36. The summed E-state index contributed by atoms with van der Waals surface area (Å²) in [6, 6.07) is 5.64. The number of nitrogens with zero attached hydrogens (tertiary/aromatic N) is 1. The summed E-state index contributed by atoms with van der Waals surface area (Å²) in [5.41, 5.74) is 1.31. The quantitative estimate of drug-likeness (QED) is 0.830. The molecule has 6 nitrogen and oxygen atoms in total. The molecule has 0 radical (unpaired) electrons. The smallest absolute Gasteiger partial charge is 0.327 e. The van der Waals surface area contributed by atoms with E-state index in [9.17, 15) is 14.4 Å². The van der Waals surface area contributed by atoms with Gasteiger partial charge in [-0.2, -0.15) is 0 Å². The molecule has 0 aromatic heterocycles. The molecule has 1 aliphatic rings. The number of carboxylic acids is 2. The first-order valence-electron chi connectivity index (χ1n) is 5.84. The van der Waals surface area contributed by atoms with E-state index in [4.69, 9.17) is 10.2 Å². The molecular weight excluding hydrogens is 250 g/mol. The van der Waals surface area contributed by atoms with Gasteiger partial charge in [-0.1, -0.05) is 18.2 Å². The Bertz CT molecular complexity index is 540. The van der Waals surface area contributed by atoms with Crippen LogP contribution >= 0.6 is 0 Å². The second-order valence-corrected chi connectivity index (χ2v) is 4.36. The van der Waals surface area contributed by atoms with E-state index in [1.165, 1.54) is 0 Å². The van der Waals surface area contributed by atoms with Crippen LogP contribution in [0.25, 0.3) is 0 Å². The van der Waals surface area contributed by atoms with Crippen molar-refractivity contribution in [1.29, 1.82) is 0 Å². The largest absolute Gasteiger partial charge is 0.481 e. The van der Waals surface area contributed by atoms with Crippen LogP contribution < -0.4 is 0 Å². The minimum Gasteiger partial charge on any atom is -0.481 e. The molecule has 1 unspecified atom stereocenters. The summed E-state index contributed by atoms with van der Waals surface area (Å²) in [5, 5.41) is 17.8. The van der Waals surface area contributed by atoms with E-state index in [1.807, 2.05) is 12.1 Å². The summed E-state index contributed by atoms with van der Waals surface area (Å²) in [4.78, 5) is 35.2. The van der Waals surface area contributed by atoms with Gasteiger partial charge in [0.05, 0.1) is 6.42 Å². The molecule has 0 aliphatic carbocycles. The molecule has 100 valence electrons. The maximum atomic E-state index is 12.2. The number of amides is 1. The summed E-state index contributed by atoms with van der Waals surface area (Å²) in [5.74, 6) is -2.95. The van der Waals surface area contributed by atoms with Crippen molar-refractivity contribution < 1.29 is 24.6 Å². The fourth-order valence-electron chi connectivity index (χ4n) is 2.24. The number of fused-ring (bicyclic) bond motifs is 1. The van der Waals surface area contributed by atoms with E-state index in [2.05, 4.69) is 0 Å². The molecule has 6 heteroatoms. The van der Waals surface area contributed by atoms with Crippen LogP contribution in [0.15, 0.2) is 24.3 Å². The van der Waals surface area contributed by atoms with Crippen molar-refractivity contribution in [1.82, 2.24) is 4.90 Å². The monoisotopic (exact) mass is 263 g/mol. The highest BCUT2D eigenvalue weighted by Gasteiger charge is 2.35. The Morgan fingerprint density at radius 1 is 1.26 bits per heavy atom. The topological polar surface area (TPSA) is 94.9 Å². The predicted molar refractivity (Wildman–Crippen MR) is 64.9 cm³/mol. The summed E-state index contributed by atoms with van der Waals surface area (Å²) in [7, 11) is 0. The zero-order valence-electron chi connectivity index (χ0n) is 10.1. The summed E-state index contributed by atoms with van der Waals surface area (Å²) in [6.45, 7) is 0.222. The van der Waals surface area contributed by atoms with Crippen molar-refractivity contribution >= 4 is 17.8 Å². The summed E-state index contributed by atoms with van der Waals surface area (Å²) < 4.78 is 0. The van der Waals surface area contributed by atoms with Gasteiger partial charge in [0.25, 0.3) is 5.91 Å². The van der Waals surface area contributed by atoms with Gasteiger partial charge in [0, 0.05) is 12.1 Å². The molecule has 2 N–H and O–H groups in total. The van der Waals surface area contributed by atoms with E-state index < -0.39 is 30.3 Å². The van der Waals surface area contributed by atoms with Crippen LogP contribution in [0, 0.1) is 0 Å². The second kappa shape index (κ2) is 5.09. The van der Waals surface area contributed by atoms with Crippen LogP contribution in [0.4, 0.5) is 0 Å². The number of carbonyl (C=O) groups excluding carboxylic acids is 1. The van der Waals surface area contributed by atoms with Crippen LogP contribution in [0.2, 0.25) is 0 Å². The highest BCUT2D eigenvalue weighted by Crippen LogP contribution is 2.21. The number of aliphatic carboxylic acids is 2. The third-order valence-corrected chi connectivity index (χ3v) is 3.16. The molecule has 0 bridgehead atoms. The van der Waals surface area contributed by atoms with Crippen molar-refractivity contribution in [3.63, 3.8) is 0 Å². The van der Waals surface area contributed by atoms with Crippen LogP contribution in [-0.2, 0) is 16.0 Å². The SMILES string of the molecule is O=C(O)CC(C(=O)O)N1CCc2ccccc2C1=O. The van der Waals surface area contributed by atoms with E-state index in [0.717, 1.165) is 10.5 Å². The number of rotatable bonds is 4. The summed E-state index contributed by atoms with van der Waals surface area (Å²) >= 11 is 0. The average molecular weight is 263 g/mol. The lowest BCUT2D eigenvalue weighted by atomic mass is 9.97. The molecule has 0 saturated carbocycles. The van der Waals surface area contributed by atoms with Crippen molar-refractivity contribution in [2.24, 2.45) is 0 Å². The van der Waals surface area contributed by atoms with E-state index in [-0.39, 0.29) is 6.54 Å². The highest BCUT2D eigenvalue weighted by atomic mass is 16.4. The lowest BCUT2D eigenvalue weighted by molar-refractivity contribution is -0.148. The molecule has 0 fully saturated rings. The Kier molecular flexibility index (Phi) is 3.50. The molecule has 1 atom stereocenters. The van der Waals surface area contributed by atoms with Gasteiger partial charge in [-0.25, -0.2) is 4.79 Å². The average Bonchev–Trinajstić information content (AvgIpc) is 2.37. The molecule has 1 amide bonds. The Morgan fingerprint density at radius 3 is 2.58 bits per heavy atom. The fourth-order valence-corrected chi connectivity index (χ4v) is 2.24. The van der Waals surface area contributed by atoms with Gasteiger partial charge >= 0.3 is 11.9 Å². The maximum absolute atomic E-state index is 12.2. The molecule has 1 aliphatic heterocycles. The number of carbonyl (C=O) groups is 3. The summed E-state index contributed by atoms with van der Waals surface area (Å²) in [6.07, 6.45) is -0.0610. The molecule has 2 rings (SSSR count). The number of hydrogen-bond donors (Lipinski definition) is 2. The van der Waals surface area contributed by atoms with Crippen LogP contribution in [0.5, 0.6) is 0 Å².